The second kappa shape index (κ2) is 4.77. The first-order valence-corrected chi connectivity index (χ1v) is 4.85. The van der Waals surface area contributed by atoms with Crippen molar-refractivity contribution in [3.05, 3.63) is 35.1 Å². The minimum absolute atomic E-state index is 0.101. The van der Waals surface area contributed by atoms with Crippen LogP contribution in [0.5, 0.6) is 0 Å². The Morgan fingerprint density at radius 2 is 2.29 bits per heavy atom. The SMILES string of the molecule is O=C(O)c1cccc(C#CCBr)c1F. The monoisotopic (exact) mass is 256 g/mol. The van der Waals surface area contributed by atoms with E-state index in [1.807, 2.05) is 0 Å². The van der Waals surface area contributed by atoms with E-state index in [9.17, 15) is 9.18 Å². The van der Waals surface area contributed by atoms with Crippen molar-refractivity contribution >= 4 is 21.9 Å². The maximum atomic E-state index is 13.3. The van der Waals surface area contributed by atoms with Crippen molar-refractivity contribution in [1.82, 2.24) is 0 Å². The van der Waals surface area contributed by atoms with Crippen molar-refractivity contribution < 1.29 is 14.3 Å². The Kier molecular flexibility index (Phi) is 3.66. The number of carboxylic acids is 1. The van der Waals surface area contributed by atoms with Crippen molar-refractivity contribution in [2.75, 3.05) is 5.33 Å². The molecule has 0 unspecified atom stereocenters. The van der Waals surface area contributed by atoms with E-state index in [4.69, 9.17) is 5.11 Å². The quantitative estimate of drug-likeness (QED) is 0.619. The van der Waals surface area contributed by atoms with E-state index in [0.717, 1.165) is 0 Å². The Morgan fingerprint density at radius 1 is 1.57 bits per heavy atom. The number of benzene rings is 1. The van der Waals surface area contributed by atoms with Gasteiger partial charge in [0.25, 0.3) is 0 Å². The number of aromatic carboxylic acids is 1. The van der Waals surface area contributed by atoms with E-state index >= 15 is 0 Å². The van der Waals surface area contributed by atoms with Gasteiger partial charge in [-0.05, 0) is 12.1 Å². The Bertz CT molecular complexity index is 418. The van der Waals surface area contributed by atoms with E-state index in [-0.39, 0.29) is 11.1 Å². The average Bonchev–Trinajstić information content (AvgIpc) is 2.16. The largest absolute Gasteiger partial charge is 0.478 e. The second-order valence-electron chi connectivity index (χ2n) is 2.41. The Hall–Kier alpha value is -1.34. The van der Waals surface area contributed by atoms with Crippen LogP contribution in [0.15, 0.2) is 18.2 Å². The molecule has 0 heterocycles. The Morgan fingerprint density at radius 3 is 2.86 bits per heavy atom. The van der Waals surface area contributed by atoms with Gasteiger partial charge in [-0.1, -0.05) is 33.8 Å². The lowest BCUT2D eigenvalue weighted by Gasteiger charge is -1.98. The number of rotatable bonds is 1. The summed E-state index contributed by atoms with van der Waals surface area (Å²) in [5, 5.41) is 9.04. The molecule has 14 heavy (non-hydrogen) atoms. The van der Waals surface area contributed by atoms with Crippen LogP contribution in [0.4, 0.5) is 4.39 Å². The van der Waals surface area contributed by atoms with Gasteiger partial charge in [0.1, 0.15) is 0 Å². The third-order valence-electron chi connectivity index (χ3n) is 1.52. The first-order chi connectivity index (χ1) is 6.66. The molecular weight excluding hydrogens is 251 g/mol. The van der Waals surface area contributed by atoms with E-state index in [1.165, 1.54) is 18.2 Å². The molecule has 0 aliphatic carbocycles. The fourth-order valence-electron chi connectivity index (χ4n) is 0.922. The maximum Gasteiger partial charge on any atom is 0.338 e. The van der Waals surface area contributed by atoms with E-state index in [1.54, 1.807) is 0 Å². The predicted octanol–water partition coefficient (Wildman–Crippen LogP) is 2.27. The van der Waals surface area contributed by atoms with Crippen molar-refractivity contribution in [3.8, 4) is 11.8 Å². The van der Waals surface area contributed by atoms with Gasteiger partial charge in [0, 0.05) is 0 Å². The summed E-state index contributed by atoms with van der Waals surface area (Å²) >= 11 is 3.07. The highest BCUT2D eigenvalue weighted by Gasteiger charge is 2.11. The molecule has 72 valence electrons. The van der Waals surface area contributed by atoms with Gasteiger partial charge in [0.15, 0.2) is 5.82 Å². The van der Waals surface area contributed by atoms with Crippen LogP contribution >= 0.6 is 15.9 Å². The molecular formula is C10H6BrFO2. The Labute approximate surface area is 88.9 Å². The molecule has 0 spiro atoms. The zero-order valence-corrected chi connectivity index (χ0v) is 8.64. The van der Waals surface area contributed by atoms with E-state index < -0.39 is 11.8 Å². The van der Waals surface area contributed by atoms with Gasteiger partial charge in [-0.3, -0.25) is 0 Å². The predicted molar refractivity (Wildman–Crippen MR) is 54.0 cm³/mol. The van der Waals surface area contributed by atoms with Crippen LogP contribution in [0.25, 0.3) is 0 Å². The van der Waals surface area contributed by atoms with Gasteiger partial charge in [0.05, 0.1) is 16.5 Å². The lowest BCUT2D eigenvalue weighted by Crippen LogP contribution is -2.01. The van der Waals surface area contributed by atoms with Gasteiger partial charge in [-0.15, -0.1) is 0 Å². The lowest BCUT2D eigenvalue weighted by atomic mass is 10.1. The van der Waals surface area contributed by atoms with Gasteiger partial charge in [-0.25, -0.2) is 9.18 Å². The third-order valence-corrected chi connectivity index (χ3v) is 1.80. The highest BCUT2D eigenvalue weighted by molar-refractivity contribution is 9.09. The fourth-order valence-corrected chi connectivity index (χ4v) is 1.06. The summed E-state index contributed by atoms with van der Waals surface area (Å²) in [7, 11) is 0. The number of carbonyl (C=O) groups is 1. The molecule has 0 aliphatic rings. The fraction of sp³-hybridized carbons (Fsp3) is 0.100. The lowest BCUT2D eigenvalue weighted by molar-refractivity contribution is 0.0692. The zero-order chi connectivity index (χ0) is 10.6. The number of alkyl halides is 1. The van der Waals surface area contributed by atoms with Crippen molar-refractivity contribution in [2.45, 2.75) is 0 Å². The second-order valence-corrected chi connectivity index (χ2v) is 2.97. The first-order valence-electron chi connectivity index (χ1n) is 3.73. The van der Waals surface area contributed by atoms with Gasteiger partial charge < -0.3 is 5.11 Å². The van der Waals surface area contributed by atoms with Gasteiger partial charge in [-0.2, -0.15) is 0 Å². The van der Waals surface area contributed by atoms with E-state index in [2.05, 4.69) is 27.8 Å². The van der Waals surface area contributed by atoms with Crippen molar-refractivity contribution in [3.63, 3.8) is 0 Å². The summed E-state index contributed by atoms with van der Waals surface area (Å²) in [6.07, 6.45) is 0. The summed E-state index contributed by atoms with van der Waals surface area (Å²) in [6.45, 7) is 0. The molecule has 0 atom stereocenters. The minimum atomic E-state index is -1.29. The molecule has 1 aromatic rings. The summed E-state index contributed by atoms with van der Waals surface area (Å²) in [4.78, 5) is 10.6. The Balaban J connectivity index is 3.20. The molecule has 1 rings (SSSR count). The molecule has 0 saturated carbocycles. The van der Waals surface area contributed by atoms with E-state index in [0.29, 0.717) is 5.33 Å². The smallest absolute Gasteiger partial charge is 0.338 e. The van der Waals surface area contributed by atoms with Crippen LogP contribution in [0.1, 0.15) is 15.9 Å². The highest BCUT2D eigenvalue weighted by atomic mass is 79.9. The molecule has 0 aromatic heterocycles. The van der Waals surface area contributed by atoms with Gasteiger partial charge in [0.2, 0.25) is 0 Å². The molecule has 4 heteroatoms. The minimum Gasteiger partial charge on any atom is -0.478 e. The van der Waals surface area contributed by atoms with Crippen LogP contribution < -0.4 is 0 Å². The molecule has 1 N–H and O–H groups in total. The molecule has 0 amide bonds. The number of carboxylic acid groups (broad SMARTS) is 1. The summed E-state index contributed by atoms with van der Waals surface area (Å²) in [5.41, 5.74) is -0.254. The topological polar surface area (TPSA) is 37.3 Å². The highest BCUT2D eigenvalue weighted by Crippen LogP contribution is 2.11. The standard InChI is InChI=1S/C10H6BrFO2/c11-6-2-4-7-3-1-5-8(9(7)12)10(13)14/h1,3,5H,6H2,(H,13,14). The summed E-state index contributed by atoms with van der Waals surface area (Å²) in [6, 6.07) is 4.11. The summed E-state index contributed by atoms with van der Waals surface area (Å²) < 4.78 is 13.3. The van der Waals surface area contributed by atoms with Crippen LogP contribution in [0.3, 0.4) is 0 Å². The van der Waals surface area contributed by atoms with Crippen LogP contribution in [0.2, 0.25) is 0 Å². The van der Waals surface area contributed by atoms with Crippen molar-refractivity contribution in [1.29, 1.82) is 0 Å². The van der Waals surface area contributed by atoms with Crippen LogP contribution in [-0.2, 0) is 0 Å². The molecule has 0 bridgehead atoms. The normalized spacial score (nSPS) is 9.00. The first kappa shape index (κ1) is 10.7. The third kappa shape index (κ3) is 2.33. The molecule has 0 aliphatic heterocycles. The van der Waals surface area contributed by atoms with Crippen LogP contribution in [-0.4, -0.2) is 16.4 Å². The molecule has 0 fully saturated rings. The molecule has 0 saturated heterocycles. The summed E-state index contributed by atoms with van der Waals surface area (Å²) in [5.74, 6) is 3.06. The van der Waals surface area contributed by atoms with Crippen LogP contribution in [0, 0.1) is 17.7 Å². The zero-order valence-electron chi connectivity index (χ0n) is 7.05. The van der Waals surface area contributed by atoms with Gasteiger partial charge >= 0.3 is 5.97 Å². The maximum absolute atomic E-state index is 13.3. The molecule has 0 radical (unpaired) electrons. The average molecular weight is 257 g/mol. The number of hydrogen-bond donors (Lipinski definition) is 1. The number of hydrogen-bond acceptors (Lipinski definition) is 1. The van der Waals surface area contributed by atoms with Crippen molar-refractivity contribution in [2.24, 2.45) is 0 Å². The number of halogens is 2. The molecule has 2 nitrogen and oxygen atoms in total. The molecule has 1 aromatic carbocycles.